The third-order valence-corrected chi connectivity index (χ3v) is 3.97. The Kier molecular flexibility index (Phi) is 5.64. The Morgan fingerprint density at radius 1 is 1.17 bits per heavy atom. The molecule has 2 rings (SSSR count). The Hall–Kier alpha value is -1.60. The summed E-state index contributed by atoms with van der Waals surface area (Å²) in [6, 6.07) is 4.09. The van der Waals surface area contributed by atoms with E-state index in [2.05, 4.69) is 4.90 Å². The summed E-state index contributed by atoms with van der Waals surface area (Å²) in [5, 5.41) is 0. The molecule has 0 bridgehead atoms. The van der Waals surface area contributed by atoms with Gasteiger partial charge in [-0.1, -0.05) is 12.1 Å². The van der Waals surface area contributed by atoms with Crippen LogP contribution in [-0.2, 0) is 15.7 Å². The summed E-state index contributed by atoms with van der Waals surface area (Å²) >= 11 is 0. The number of benzene rings is 1. The topological polar surface area (TPSA) is 32.8 Å². The molecule has 0 saturated carbocycles. The van der Waals surface area contributed by atoms with E-state index in [9.17, 15) is 18.0 Å². The minimum atomic E-state index is -4.38. The summed E-state index contributed by atoms with van der Waals surface area (Å²) in [6.07, 6.45) is -4.38. The van der Waals surface area contributed by atoms with Gasteiger partial charge < -0.3 is 9.64 Å². The van der Waals surface area contributed by atoms with Gasteiger partial charge in [-0.3, -0.25) is 4.90 Å². The van der Waals surface area contributed by atoms with Crippen LogP contribution in [0.5, 0.6) is 0 Å². The fraction of sp³-hybridized carbons (Fsp3) is 0.562. The molecular formula is C16H21F3N2O2. The number of piperazine rings is 1. The summed E-state index contributed by atoms with van der Waals surface area (Å²) in [5.74, 6) is -0.420. The third kappa shape index (κ3) is 4.45. The molecule has 128 valence electrons. The molecule has 0 spiro atoms. The molecule has 1 aliphatic heterocycles. The zero-order valence-corrected chi connectivity index (χ0v) is 13.3. The van der Waals surface area contributed by atoms with Crippen LogP contribution in [0.2, 0.25) is 0 Å². The van der Waals surface area contributed by atoms with Gasteiger partial charge in [0.1, 0.15) is 6.04 Å². The van der Waals surface area contributed by atoms with Gasteiger partial charge in [0.15, 0.2) is 0 Å². The van der Waals surface area contributed by atoms with Crippen molar-refractivity contribution in [3.8, 4) is 0 Å². The highest BCUT2D eigenvalue weighted by atomic mass is 19.4. The van der Waals surface area contributed by atoms with E-state index in [1.165, 1.54) is 12.1 Å². The van der Waals surface area contributed by atoms with Crippen LogP contribution in [0.1, 0.15) is 24.1 Å². The second kappa shape index (κ2) is 7.31. The number of hydrogen-bond donors (Lipinski definition) is 0. The summed E-state index contributed by atoms with van der Waals surface area (Å²) < 4.78 is 43.2. The van der Waals surface area contributed by atoms with Gasteiger partial charge in [-0.25, -0.2) is 4.79 Å². The van der Waals surface area contributed by atoms with E-state index in [4.69, 9.17) is 4.74 Å². The fourth-order valence-electron chi connectivity index (χ4n) is 2.65. The molecule has 1 unspecified atom stereocenters. The average Bonchev–Trinajstić information content (AvgIpc) is 2.49. The van der Waals surface area contributed by atoms with Crippen molar-refractivity contribution in [1.82, 2.24) is 9.80 Å². The van der Waals surface area contributed by atoms with Gasteiger partial charge in [-0.2, -0.15) is 13.2 Å². The number of carbonyl (C=O) groups is 1. The normalized spacial score (nSPS) is 18.7. The fourth-order valence-corrected chi connectivity index (χ4v) is 2.65. The van der Waals surface area contributed by atoms with E-state index in [-0.39, 0.29) is 6.61 Å². The number of esters is 1. The lowest BCUT2D eigenvalue weighted by atomic mass is 10.0. The average molecular weight is 330 g/mol. The SMILES string of the molecule is CCOC(=O)C(c1ccc(C(F)(F)F)cc1)N1CCN(C)CC1. The Bertz CT molecular complexity index is 523. The predicted octanol–water partition coefficient (Wildman–Crippen LogP) is 2.56. The van der Waals surface area contributed by atoms with Crippen molar-refractivity contribution in [2.24, 2.45) is 0 Å². The van der Waals surface area contributed by atoms with Gasteiger partial charge in [0.2, 0.25) is 0 Å². The van der Waals surface area contributed by atoms with Crippen molar-refractivity contribution in [3.63, 3.8) is 0 Å². The highest BCUT2D eigenvalue weighted by molar-refractivity contribution is 5.77. The number of rotatable bonds is 4. The Morgan fingerprint density at radius 2 is 1.74 bits per heavy atom. The first-order valence-corrected chi connectivity index (χ1v) is 7.59. The molecule has 4 nitrogen and oxygen atoms in total. The van der Waals surface area contributed by atoms with Crippen LogP contribution in [0.15, 0.2) is 24.3 Å². The highest BCUT2D eigenvalue weighted by Crippen LogP contribution is 2.31. The van der Waals surface area contributed by atoms with Crippen LogP contribution in [0.25, 0.3) is 0 Å². The van der Waals surface area contributed by atoms with Crippen molar-refractivity contribution in [1.29, 1.82) is 0 Å². The molecule has 1 atom stereocenters. The lowest BCUT2D eigenvalue weighted by molar-refractivity contribution is -0.150. The molecule has 7 heteroatoms. The Labute approximate surface area is 133 Å². The van der Waals surface area contributed by atoms with Crippen LogP contribution in [-0.4, -0.2) is 55.6 Å². The van der Waals surface area contributed by atoms with Crippen molar-refractivity contribution in [3.05, 3.63) is 35.4 Å². The standard InChI is InChI=1S/C16H21F3N2O2/c1-3-23-15(22)14(21-10-8-20(2)9-11-21)12-4-6-13(7-5-12)16(17,18)19/h4-7,14H,3,8-11H2,1-2H3. The van der Waals surface area contributed by atoms with Crippen molar-refractivity contribution >= 4 is 5.97 Å². The van der Waals surface area contributed by atoms with Gasteiger partial charge in [0.05, 0.1) is 12.2 Å². The van der Waals surface area contributed by atoms with Crippen molar-refractivity contribution < 1.29 is 22.7 Å². The summed E-state index contributed by atoms with van der Waals surface area (Å²) in [5.41, 5.74) is -0.191. The van der Waals surface area contributed by atoms with E-state index < -0.39 is 23.8 Å². The van der Waals surface area contributed by atoms with E-state index in [1.54, 1.807) is 6.92 Å². The molecule has 0 N–H and O–H groups in total. The van der Waals surface area contributed by atoms with Crippen LogP contribution in [0.3, 0.4) is 0 Å². The van der Waals surface area contributed by atoms with E-state index in [0.29, 0.717) is 18.7 Å². The lowest BCUT2D eigenvalue weighted by Gasteiger charge is -2.36. The molecule has 1 heterocycles. The molecule has 0 aliphatic carbocycles. The van der Waals surface area contributed by atoms with Crippen LogP contribution < -0.4 is 0 Å². The zero-order chi connectivity index (χ0) is 17.0. The maximum absolute atomic E-state index is 12.7. The smallest absolute Gasteiger partial charge is 0.416 e. The maximum atomic E-state index is 12.7. The molecule has 1 aromatic carbocycles. The van der Waals surface area contributed by atoms with Gasteiger partial charge in [-0.15, -0.1) is 0 Å². The van der Waals surface area contributed by atoms with E-state index >= 15 is 0 Å². The number of nitrogens with zero attached hydrogens (tertiary/aromatic N) is 2. The molecule has 23 heavy (non-hydrogen) atoms. The summed E-state index contributed by atoms with van der Waals surface area (Å²) in [6.45, 7) is 4.89. The first-order chi connectivity index (χ1) is 10.8. The van der Waals surface area contributed by atoms with Crippen LogP contribution >= 0.6 is 0 Å². The van der Waals surface area contributed by atoms with E-state index in [0.717, 1.165) is 25.2 Å². The summed E-state index contributed by atoms with van der Waals surface area (Å²) in [4.78, 5) is 16.4. The molecule has 0 aromatic heterocycles. The van der Waals surface area contributed by atoms with Crippen LogP contribution in [0.4, 0.5) is 13.2 Å². The third-order valence-electron chi connectivity index (χ3n) is 3.97. The second-order valence-electron chi connectivity index (χ2n) is 5.61. The van der Waals surface area contributed by atoms with Crippen molar-refractivity contribution in [2.75, 3.05) is 39.8 Å². The zero-order valence-electron chi connectivity index (χ0n) is 13.3. The first kappa shape index (κ1) is 17.7. The lowest BCUT2D eigenvalue weighted by Crippen LogP contribution is -2.48. The number of carbonyl (C=O) groups excluding carboxylic acids is 1. The minimum absolute atomic E-state index is 0.240. The first-order valence-electron chi connectivity index (χ1n) is 7.59. The molecule has 1 saturated heterocycles. The number of alkyl halides is 3. The van der Waals surface area contributed by atoms with Gasteiger partial charge in [0.25, 0.3) is 0 Å². The molecule has 0 amide bonds. The number of likely N-dealkylation sites (N-methyl/N-ethyl adjacent to an activating group) is 1. The van der Waals surface area contributed by atoms with E-state index in [1.807, 2.05) is 11.9 Å². The molecule has 1 aliphatic rings. The number of hydrogen-bond acceptors (Lipinski definition) is 4. The maximum Gasteiger partial charge on any atom is 0.416 e. The predicted molar refractivity (Wildman–Crippen MR) is 79.9 cm³/mol. The minimum Gasteiger partial charge on any atom is -0.465 e. The van der Waals surface area contributed by atoms with Crippen molar-refractivity contribution in [2.45, 2.75) is 19.1 Å². The highest BCUT2D eigenvalue weighted by Gasteiger charge is 2.33. The molecule has 1 aromatic rings. The van der Waals surface area contributed by atoms with Gasteiger partial charge >= 0.3 is 12.1 Å². The molecule has 0 radical (unpaired) electrons. The van der Waals surface area contributed by atoms with Crippen LogP contribution in [0, 0.1) is 0 Å². The molecular weight excluding hydrogens is 309 g/mol. The second-order valence-corrected chi connectivity index (χ2v) is 5.61. The quantitative estimate of drug-likeness (QED) is 0.795. The Balaban J connectivity index is 2.24. The summed E-state index contributed by atoms with van der Waals surface area (Å²) in [7, 11) is 1.99. The Morgan fingerprint density at radius 3 is 2.22 bits per heavy atom. The monoisotopic (exact) mass is 330 g/mol. The molecule has 1 fully saturated rings. The number of ether oxygens (including phenoxy) is 1. The largest absolute Gasteiger partial charge is 0.465 e. The van der Waals surface area contributed by atoms with Gasteiger partial charge in [0, 0.05) is 26.2 Å². The van der Waals surface area contributed by atoms with Gasteiger partial charge in [-0.05, 0) is 31.7 Å². The number of halogens is 3.